The number of carbonyl (C=O) groups excluding carboxylic acids is 1. The summed E-state index contributed by atoms with van der Waals surface area (Å²) in [5.41, 5.74) is 3.33. The Morgan fingerprint density at radius 2 is 2.10 bits per heavy atom. The number of rotatable bonds is 5. The first-order valence-electron chi connectivity index (χ1n) is 9.59. The van der Waals surface area contributed by atoms with Gasteiger partial charge in [0.2, 0.25) is 5.88 Å². The number of methoxy groups -OCH3 is 2. The Bertz CT molecular complexity index is 1110. The van der Waals surface area contributed by atoms with Crippen LogP contribution in [0.4, 0.5) is 11.4 Å². The van der Waals surface area contributed by atoms with Crippen molar-refractivity contribution < 1.29 is 14.3 Å². The van der Waals surface area contributed by atoms with Crippen molar-refractivity contribution in [2.75, 3.05) is 19.5 Å². The van der Waals surface area contributed by atoms with Gasteiger partial charge < -0.3 is 19.4 Å². The first-order valence-corrected chi connectivity index (χ1v) is 9.59. The van der Waals surface area contributed by atoms with Crippen LogP contribution in [0, 0.1) is 11.3 Å². The van der Waals surface area contributed by atoms with Crippen molar-refractivity contribution in [2.24, 2.45) is 0 Å². The molecule has 1 aliphatic rings. The number of hydrogen-bond donors (Lipinski definition) is 1. The summed E-state index contributed by atoms with van der Waals surface area (Å²) in [7, 11) is 2.93. The highest BCUT2D eigenvalue weighted by atomic mass is 16.5. The lowest BCUT2D eigenvalue weighted by Gasteiger charge is -2.14. The molecule has 2 heterocycles. The number of hydrogen-bond acceptors (Lipinski definition) is 6. The minimum absolute atomic E-state index is 0.341. The van der Waals surface area contributed by atoms with Crippen molar-refractivity contribution in [1.82, 2.24) is 9.55 Å². The fourth-order valence-electron chi connectivity index (χ4n) is 4.06. The van der Waals surface area contributed by atoms with Crippen LogP contribution in [0.5, 0.6) is 5.88 Å². The van der Waals surface area contributed by atoms with Crippen molar-refractivity contribution in [2.45, 2.75) is 31.7 Å². The van der Waals surface area contributed by atoms with Gasteiger partial charge in [0, 0.05) is 17.9 Å². The summed E-state index contributed by atoms with van der Waals surface area (Å²) in [4.78, 5) is 16.2. The summed E-state index contributed by atoms with van der Waals surface area (Å²) >= 11 is 0. The van der Waals surface area contributed by atoms with Crippen molar-refractivity contribution >= 4 is 28.2 Å². The second kappa shape index (κ2) is 7.84. The molecule has 148 valence electrons. The van der Waals surface area contributed by atoms with Crippen LogP contribution in [0.3, 0.4) is 0 Å². The molecule has 1 fully saturated rings. The SMILES string of the molecule is COC(=O)c1cccc(Nc2cn(C3CCCC3)c3c(C#N)cnc(OC)c23)c1. The second-order valence-electron chi connectivity index (χ2n) is 7.10. The number of ether oxygens (including phenoxy) is 2. The number of pyridine rings is 1. The van der Waals surface area contributed by atoms with Gasteiger partial charge in [-0.3, -0.25) is 0 Å². The Labute approximate surface area is 168 Å². The van der Waals surface area contributed by atoms with Crippen molar-refractivity contribution in [3.05, 3.63) is 47.8 Å². The molecule has 0 radical (unpaired) electrons. The zero-order valence-electron chi connectivity index (χ0n) is 16.4. The van der Waals surface area contributed by atoms with Gasteiger partial charge in [-0.2, -0.15) is 5.26 Å². The molecule has 1 aromatic carbocycles. The van der Waals surface area contributed by atoms with Crippen LogP contribution < -0.4 is 10.1 Å². The van der Waals surface area contributed by atoms with Gasteiger partial charge in [0.15, 0.2) is 0 Å². The van der Waals surface area contributed by atoms with E-state index >= 15 is 0 Å². The van der Waals surface area contributed by atoms with E-state index in [-0.39, 0.29) is 0 Å². The van der Waals surface area contributed by atoms with Gasteiger partial charge in [0.1, 0.15) is 6.07 Å². The maximum absolute atomic E-state index is 11.9. The van der Waals surface area contributed by atoms with Gasteiger partial charge in [-0.05, 0) is 31.0 Å². The van der Waals surface area contributed by atoms with Crippen molar-refractivity contribution in [3.8, 4) is 11.9 Å². The Balaban J connectivity index is 1.86. The Kier molecular flexibility index (Phi) is 5.09. The zero-order valence-corrected chi connectivity index (χ0v) is 16.4. The Hall–Kier alpha value is -3.53. The predicted molar refractivity (Wildman–Crippen MR) is 110 cm³/mol. The summed E-state index contributed by atoms with van der Waals surface area (Å²) in [6, 6.07) is 9.71. The monoisotopic (exact) mass is 390 g/mol. The minimum atomic E-state index is -0.395. The number of nitrogens with one attached hydrogen (secondary N) is 1. The summed E-state index contributed by atoms with van der Waals surface area (Å²) < 4.78 is 12.5. The van der Waals surface area contributed by atoms with E-state index in [2.05, 4.69) is 20.9 Å². The average molecular weight is 390 g/mol. The third-order valence-corrected chi connectivity index (χ3v) is 5.41. The fraction of sp³-hybridized carbons (Fsp3) is 0.318. The number of anilines is 2. The van der Waals surface area contributed by atoms with Crippen LogP contribution in [-0.2, 0) is 4.74 Å². The molecule has 0 saturated heterocycles. The van der Waals surface area contributed by atoms with E-state index in [1.165, 1.54) is 20.0 Å². The number of fused-ring (bicyclic) bond motifs is 1. The molecule has 1 saturated carbocycles. The lowest BCUT2D eigenvalue weighted by molar-refractivity contribution is 0.0601. The van der Waals surface area contributed by atoms with E-state index in [1.54, 1.807) is 31.5 Å². The molecule has 29 heavy (non-hydrogen) atoms. The lowest BCUT2D eigenvalue weighted by Crippen LogP contribution is -2.04. The molecule has 0 spiro atoms. The predicted octanol–water partition coefficient (Wildman–Crippen LogP) is 4.56. The molecule has 0 atom stereocenters. The second-order valence-corrected chi connectivity index (χ2v) is 7.10. The molecule has 1 N–H and O–H groups in total. The standard InChI is InChI=1S/C22H22N4O3/c1-28-21-19-18(25-16-7-5-6-14(10-16)22(27)29-2)13-26(17-8-3-4-9-17)20(19)15(11-23)12-24-21/h5-7,10,12-13,17,25H,3-4,8-9H2,1-2H3. The van der Waals surface area contributed by atoms with Crippen LogP contribution in [0.15, 0.2) is 36.7 Å². The molecule has 4 rings (SSSR count). The maximum atomic E-state index is 11.9. The topological polar surface area (TPSA) is 89.2 Å². The van der Waals surface area contributed by atoms with Crippen molar-refractivity contribution in [1.29, 1.82) is 5.26 Å². The van der Waals surface area contributed by atoms with Crippen LogP contribution in [-0.4, -0.2) is 29.7 Å². The normalized spacial score (nSPS) is 14.0. The third kappa shape index (κ3) is 3.38. The summed E-state index contributed by atoms with van der Waals surface area (Å²) in [6.07, 6.45) is 8.11. The van der Waals surface area contributed by atoms with Crippen LogP contribution in [0.25, 0.3) is 10.9 Å². The average Bonchev–Trinajstić information content (AvgIpc) is 3.41. The van der Waals surface area contributed by atoms with Crippen LogP contribution in [0.1, 0.15) is 47.6 Å². The Morgan fingerprint density at radius 1 is 1.31 bits per heavy atom. The molecule has 0 aliphatic heterocycles. The van der Waals surface area contributed by atoms with Crippen LogP contribution >= 0.6 is 0 Å². The molecule has 1 aliphatic carbocycles. The van der Waals surface area contributed by atoms with E-state index in [0.29, 0.717) is 23.0 Å². The van der Waals surface area contributed by atoms with Crippen LogP contribution in [0.2, 0.25) is 0 Å². The molecule has 0 amide bonds. The smallest absolute Gasteiger partial charge is 0.337 e. The largest absolute Gasteiger partial charge is 0.480 e. The van der Waals surface area contributed by atoms with E-state index in [0.717, 1.165) is 35.1 Å². The van der Waals surface area contributed by atoms with E-state index < -0.39 is 5.97 Å². The summed E-state index contributed by atoms with van der Waals surface area (Å²) in [6.45, 7) is 0. The molecule has 3 aromatic rings. The third-order valence-electron chi connectivity index (χ3n) is 5.41. The highest BCUT2D eigenvalue weighted by Gasteiger charge is 2.24. The fourth-order valence-corrected chi connectivity index (χ4v) is 4.06. The molecule has 0 unspecified atom stereocenters. The Morgan fingerprint density at radius 3 is 2.79 bits per heavy atom. The number of nitrogens with zero attached hydrogens (tertiary/aromatic N) is 3. The quantitative estimate of drug-likeness (QED) is 0.642. The lowest BCUT2D eigenvalue weighted by atomic mass is 10.1. The first kappa shape index (κ1) is 18.8. The zero-order chi connectivity index (χ0) is 20.4. The molecule has 0 bridgehead atoms. The van der Waals surface area contributed by atoms with Gasteiger partial charge in [-0.15, -0.1) is 0 Å². The summed E-state index contributed by atoms with van der Waals surface area (Å²) in [5.74, 6) is 0.0652. The molecular formula is C22H22N4O3. The number of esters is 1. The van der Waals surface area contributed by atoms with E-state index in [4.69, 9.17) is 9.47 Å². The van der Waals surface area contributed by atoms with Gasteiger partial charge in [-0.25, -0.2) is 9.78 Å². The number of carbonyl (C=O) groups is 1. The van der Waals surface area contributed by atoms with Gasteiger partial charge in [-0.1, -0.05) is 18.9 Å². The highest BCUT2D eigenvalue weighted by Crippen LogP contribution is 2.41. The van der Waals surface area contributed by atoms with Gasteiger partial charge in [0.25, 0.3) is 0 Å². The maximum Gasteiger partial charge on any atom is 0.337 e. The molecule has 2 aromatic heterocycles. The number of benzene rings is 1. The molecule has 7 nitrogen and oxygen atoms in total. The van der Waals surface area contributed by atoms with Gasteiger partial charge in [0.05, 0.1) is 48.1 Å². The van der Waals surface area contributed by atoms with Gasteiger partial charge >= 0.3 is 5.97 Å². The van der Waals surface area contributed by atoms with Crippen molar-refractivity contribution in [3.63, 3.8) is 0 Å². The highest BCUT2D eigenvalue weighted by molar-refractivity contribution is 6.01. The molecular weight excluding hydrogens is 368 g/mol. The first-order chi connectivity index (χ1) is 14.2. The minimum Gasteiger partial charge on any atom is -0.480 e. The number of nitriles is 1. The molecule has 7 heteroatoms. The number of aromatic nitrogens is 2. The summed E-state index contributed by atoms with van der Waals surface area (Å²) in [5, 5.41) is 13.8. The van der Waals surface area contributed by atoms with E-state index in [9.17, 15) is 10.1 Å². The van der Waals surface area contributed by atoms with E-state index in [1.807, 2.05) is 12.3 Å².